The molecule has 0 aliphatic carbocycles. The van der Waals surface area contributed by atoms with Crippen molar-refractivity contribution in [3.63, 3.8) is 0 Å². The summed E-state index contributed by atoms with van der Waals surface area (Å²) in [5, 5.41) is 16.7. The van der Waals surface area contributed by atoms with Gasteiger partial charge in [-0.15, -0.1) is 0 Å². The number of hydrogen-bond donors (Lipinski definition) is 0. The molecule has 0 fully saturated rings. The maximum Gasteiger partial charge on any atom is 0.345 e. The van der Waals surface area contributed by atoms with E-state index in [1.807, 2.05) is 30.3 Å². The van der Waals surface area contributed by atoms with Crippen LogP contribution < -0.4 is 9.47 Å². The number of esters is 1. The number of carbonyl (C=O) groups excluding carboxylic acids is 2. The van der Waals surface area contributed by atoms with Gasteiger partial charge in [0.15, 0.2) is 18.1 Å². The third kappa shape index (κ3) is 3.72. The van der Waals surface area contributed by atoms with E-state index in [0.717, 1.165) is 17.3 Å². The predicted octanol–water partition coefficient (Wildman–Crippen LogP) is 2.12. The number of hydrazone groups is 1. The Morgan fingerprint density at radius 2 is 1.90 bits per heavy atom. The number of nitro groups is 1. The van der Waals surface area contributed by atoms with Gasteiger partial charge in [-0.3, -0.25) is 14.9 Å². The summed E-state index contributed by atoms with van der Waals surface area (Å²) in [4.78, 5) is 35.2. The number of amides is 1. The molecule has 0 atom stereocenters. The fraction of sp³-hybridized carbons (Fsp3) is 0.211. The second kappa shape index (κ2) is 7.58. The summed E-state index contributed by atoms with van der Waals surface area (Å²) in [5.74, 6) is -1.16. The Kier molecular flexibility index (Phi) is 4.82. The number of rotatable bonds is 5. The van der Waals surface area contributed by atoms with Crippen LogP contribution in [0.5, 0.6) is 11.5 Å². The number of nitrogens with zero attached hydrogens (tertiary/aromatic N) is 3. The number of carbonyl (C=O) groups is 2. The molecule has 0 N–H and O–H groups in total. The Morgan fingerprint density at radius 1 is 1.17 bits per heavy atom. The Morgan fingerprint density at radius 3 is 2.62 bits per heavy atom. The zero-order valence-corrected chi connectivity index (χ0v) is 15.1. The molecule has 0 bridgehead atoms. The SMILES string of the molecule is O=C(OCC(=O)N1CCC(c2ccccc2)=N1)c1cc2c(cc1[N+](=O)[O-])OCO2. The van der Waals surface area contributed by atoms with Crippen LogP contribution in [0.15, 0.2) is 47.6 Å². The minimum atomic E-state index is -1.00. The lowest BCUT2D eigenvalue weighted by Crippen LogP contribution is -2.28. The predicted molar refractivity (Wildman–Crippen MR) is 98.8 cm³/mol. The fourth-order valence-electron chi connectivity index (χ4n) is 3.00. The highest BCUT2D eigenvalue weighted by molar-refractivity contribution is 6.03. The molecular weight excluding hydrogens is 382 g/mol. The lowest BCUT2D eigenvalue weighted by Gasteiger charge is -2.11. The van der Waals surface area contributed by atoms with E-state index in [1.165, 1.54) is 11.1 Å². The van der Waals surface area contributed by atoms with Crippen LogP contribution in [0.3, 0.4) is 0 Å². The Labute approximate surface area is 164 Å². The second-order valence-electron chi connectivity index (χ2n) is 6.24. The van der Waals surface area contributed by atoms with Crippen LogP contribution in [0.25, 0.3) is 0 Å². The summed E-state index contributed by atoms with van der Waals surface area (Å²) in [6, 6.07) is 11.7. The highest BCUT2D eigenvalue weighted by Gasteiger charge is 2.29. The summed E-state index contributed by atoms with van der Waals surface area (Å²) < 4.78 is 15.2. The van der Waals surface area contributed by atoms with Crippen LogP contribution in [0.1, 0.15) is 22.3 Å². The van der Waals surface area contributed by atoms with Gasteiger partial charge in [-0.05, 0) is 5.56 Å². The molecule has 148 valence electrons. The molecule has 0 saturated carbocycles. The highest BCUT2D eigenvalue weighted by Crippen LogP contribution is 2.38. The molecule has 2 aromatic carbocycles. The second-order valence-corrected chi connectivity index (χ2v) is 6.24. The van der Waals surface area contributed by atoms with Gasteiger partial charge in [-0.1, -0.05) is 30.3 Å². The van der Waals surface area contributed by atoms with Gasteiger partial charge in [0.25, 0.3) is 11.6 Å². The quantitative estimate of drug-likeness (QED) is 0.430. The van der Waals surface area contributed by atoms with Crippen molar-refractivity contribution < 1.29 is 28.7 Å². The van der Waals surface area contributed by atoms with Crippen LogP contribution in [0.4, 0.5) is 5.69 Å². The van der Waals surface area contributed by atoms with Gasteiger partial charge in [-0.25, -0.2) is 9.80 Å². The zero-order chi connectivity index (χ0) is 20.4. The first-order valence-corrected chi connectivity index (χ1v) is 8.71. The summed E-state index contributed by atoms with van der Waals surface area (Å²) in [6.45, 7) is -0.318. The van der Waals surface area contributed by atoms with Crippen LogP contribution in [-0.4, -0.2) is 47.5 Å². The minimum absolute atomic E-state index is 0.0970. The third-order valence-corrected chi connectivity index (χ3v) is 4.43. The standard InChI is InChI=1S/C19H15N3O7/c23-18(21-7-6-14(20-21)12-4-2-1-3-5-12)10-27-19(24)13-8-16-17(29-11-28-16)9-15(13)22(25)26/h1-5,8-9H,6-7,10-11H2. The topological polar surface area (TPSA) is 121 Å². The van der Waals surface area contributed by atoms with Crippen molar-refractivity contribution in [2.75, 3.05) is 19.9 Å². The normalized spacial score (nSPS) is 14.5. The van der Waals surface area contributed by atoms with E-state index in [1.54, 1.807) is 0 Å². The molecule has 4 rings (SSSR count). The number of fused-ring (bicyclic) bond motifs is 1. The molecule has 29 heavy (non-hydrogen) atoms. The van der Waals surface area contributed by atoms with Crippen molar-refractivity contribution >= 4 is 23.3 Å². The summed E-state index contributed by atoms with van der Waals surface area (Å²) in [7, 11) is 0. The van der Waals surface area contributed by atoms with Gasteiger partial charge in [0, 0.05) is 12.5 Å². The Bertz CT molecular complexity index is 1020. The number of hydrogen-bond acceptors (Lipinski definition) is 8. The average molecular weight is 397 g/mol. The monoisotopic (exact) mass is 397 g/mol. The molecule has 10 heteroatoms. The molecule has 0 radical (unpaired) electrons. The maximum atomic E-state index is 12.3. The minimum Gasteiger partial charge on any atom is -0.454 e. The van der Waals surface area contributed by atoms with E-state index in [2.05, 4.69) is 5.10 Å². The molecule has 2 aromatic rings. The van der Waals surface area contributed by atoms with E-state index >= 15 is 0 Å². The first-order chi connectivity index (χ1) is 14.0. The van der Waals surface area contributed by atoms with E-state index < -0.39 is 29.1 Å². The molecule has 2 heterocycles. The summed E-state index contributed by atoms with van der Waals surface area (Å²) in [5.41, 5.74) is 0.867. The Hall–Kier alpha value is -3.95. The van der Waals surface area contributed by atoms with E-state index in [9.17, 15) is 19.7 Å². The third-order valence-electron chi connectivity index (χ3n) is 4.43. The number of benzene rings is 2. The van der Waals surface area contributed by atoms with Crippen molar-refractivity contribution in [3.8, 4) is 11.5 Å². The molecule has 2 aliphatic heterocycles. The molecule has 2 aliphatic rings. The van der Waals surface area contributed by atoms with Crippen LogP contribution >= 0.6 is 0 Å². The molecule has 0 aromatic heterocycles. The first-order valence-electron chi connectivity index (χ1n) is 8.71. The van der Waals surface area contributed by atoms with Gasteiger partial charge in [0.1, 0.15) is 5.56 Å². The van der Waals surface area contributed by atoms with Gasteiger partial charge >= 0.3 is 5.97 Å². The molecule has 0 saturated heterocycles. The van der Waals surface area contributed by atoms with Crippen LogP contribution in [-0.2, 0) is 9.53 Å². The van der Waals surface area contributed by atoms with Crippen molar-refractivity contribution in [2.24, 2.45) is 5.10 Å². The van der Waals surface area contributed by atoms with Crippen LogP contribution in [0, 0.1) is 10.1 Å². The van der Waals surface area contributed by atoms with Crippen molar-refractivity contribution in [1.82, 2.24) is 5.01 Å². The smallest absolute Gasteiger partial charge is 0.345 e. The fourth-order valence-corrected chi connectivity index (χ4v) is 3.00. The Balaban J connectivity index is 1.43. The lowest BCUT2D eigenvalue weighted by atomic mass is 10.1. The number of nitro benzene ring substituents is 1. The molecule has 0 spiro atoms. The van der Waals surface area contributed by atoms with Crippen molar-refractivity contribution in [3.05, 3.63) is 63.7 Å². The van der Waals surface area contributed by atoms with Gasteiger partial charge < -0.3 is 14.2 Å². The van der Waals surface area contributed by atoms with E-state index in [4.69, 9.17) is 14.2 Å². The largest absolute Gasteiger partial charge is 0.454 e. The maximum absolute atomic E-state index is 12.3. The lowest BCUT2D eigenvalue weighted by molar-refractivity contribution is -0.385. The first kappa shape index (κ1) is 18.4. The summed E-state index contributed by atoms with van der Waals surface area (Å²) in [6.07, 6.45) is 0.581. The average Bonchev–Trinajstić information content (AvgIpc) is 3.40. The van der Waals surface area contributed by atoms with Crippen molar-refractivity contribution in [2.45, 2.75) is 6.42 Å². The van der Waals surface area contributed by atoms with Crippen LogP contribution in [0.2, 0.25) is 0 Å². The molecular formula is C19H15N3O7. The summed E-state index contributed by atoms with van der Waals surface area (Å²) >= 11 is 0. The number of ether oxygens (including phenoxy) is 3. The molecule has 0 unspecified atom stereocenters. The van der Waals surface area contributed by atoms with Gasteiger partial charge in [0.2, 0.25) is 6.79 Å². The van der Waals surface area contributed by atoms with Gasteiger partial charge in [-0.2, -0.15) is 5.10 Å². The van der Waals surface area contributed by atoms with Crippen molar-refractivity contribution in [1.29, 1.82) is 0 Å². The van der Waals surface area contributed by atoms with E-state index in [-0.39, 0.29) is 23.9 Å². The zero-order valence-electron chi connectivity index (χ0n) is 15.1. The highest BCUT2D eigenvalue weighted by atomic mass is 16.7. The van der Waals surface area contributed by atoms with Gasteiger partial charge in [0.05, 0.1) is 23.2 Å². The van der Waals surface area contributed by atoms with E-state index in [0.29, 0.717) is 13.0 Å². The molecule has 1 amide bonds. The molecule has 10 nitrogen and oxygen atoms in total.